The largest absolute Gasteiger partial charge is 0.495 e. The fourth-order valence-corrected chi connectivity index (χ4v) is 6.12. The van der Waals surface area contributed by atoms with E-state index in [0.717, 1.165) is 16.7 Å². The van der Waals surface area contributed by atoms with Gasteiger partial charge in [-0.05, 0) is 87.4 Å². The Bertz CT molecular complexity index is 1110. The van der Waals surface area contributed by atoms with Crippen molar-refractivity contribution in [2.45, 2.75) is 58.4 Å². The van der Waals surface area contributed by atoms with Crippen LogP contribution in [0.2, 0.25) is 0 Å². The number of amides is 1. The van der Waals surface area contributed by atoms with E-state index in [9.17, 15) is 13.2 Å². The summed E-state index contributed by atoms with van der Waals surface area (Å²) < 4.78 is 33.4. The average molecular weight is 459 g/mol. The van der Waals surface area contributed by atoms with Crippen LogP contribution in [0.15, 0.2) is 35.2 Å². The van der Waals surface area contributed by atoms with Gasteiger partial charge in [0.05, 0.1) is 19.1 Å². The van der Waals surface area contributed by atoms with Gasteiger partial charge < -0.3 is 10.1 Å². The van der Waals surface area contributed by atoms with Crippen LogP contribution in [0.4, 0.5) is 0 Å². The number of sulfonamides is 1. The van der Waals surface area contributed by atoms with Gasteiger partial charge in [0.1, 0.15) is 10.6 Å². The Hall–Kier alpha value is -2.38. The lowest BCUT2D eigenvalue weighted by Gasteiger charge is -2.32. The molecule has 1 heterocycles. The SMILES string of the molecule is COc1ccc(C)cc1S(=O)(=O)N1CCCC(C(=O)NC(C)c2cc(C)c(C)cc2C)C1. The van der Waals surface area contributed by atoms with Gasteiger partial charge in [-0.2, -0.15) is 4.31 Å². The van der Waals surface area contributed by atoms with Crippen molar-refractivity contribution in [3.63, 3.8) is 0 Å². The van der Waals surface area contributed by atoms with Crippen molar-refractivity contribution in [1.29, 1.82) is 0 Å². The smallest absolute Gasteiger partial charge is 0.246 e. The highest BCUT2D eigenvalue weighted by molar-refractivity contribution is 7.89. The summed E-state index contributed by atoms with van der Waals surface area (Å²) in [5.74, 6) is -0.170. The first kappa shape index (κ1) is 24.3. The second kappa shape index (κ2) is 9.63. The molecule has 32 heavy (non-hydrogen) atoms. The van der Waals surface area contributed by atoms with Crippen LogP contribution in [0.1, 0.15) is 53.6 Å². The second-order valence-electron chi connectivity index (χ2n) is 8.88. The Balaban J connectivity index is 1.76. The molecular weight excluding hydrogens is 424 g/mol. The average Bonchev–Trinajstić information content (AvgIpc) is 2.76. The van der Waals surface area contributed by atoms with Crippen LogP contribution in [0.25, 0.3) is 0 Å². The maximum absolute atomic E-state index is 13.4. The van der Waals surface area contributed by atoms with Crippen molar-refractivity contribution in [2.75, 3.05) is 20.2 Å². The minimum absolute atomic E-state index is 0.105. The van der Waals surface area contributed by atoms with Crippen molar-refractivity contribution in [3.8, 4) is 5.75 Å². The Morgan fingerprint density at radius 3 is 2.47 bits per heavy atom. The molecule has 0 radical (unpaired) electrons. The first-order valence-corrected chi connectivity index (χ1v) is 12.5. The van der Waals surface area contributed by atoms with Gasteiger partial charge in [0, 0.05) is 13.1 Å². The molecule has 0 aliphatic carbocycles. The first-order valence-electron chi connectivity index (χ1n) is 11.1. The summed E-state index contributed by atoms with van der Waals surface area (Å²) in [4.78, 5) is 13.2. The summed E-state index contributed by atoms with van der Waals surface area (Å²) in [5.41, 5.74) is 5.48. The maximum atomic E-state index is 13.4. The molecule has 2 aromatic carbocycles. The highest BCUT2D eigenvalue weighted by Gasteiger charge is 2.35. The van der Waals surface area contributed by atoms with Gasteiger partial charge >= 0.3 is 0 Å². The normalized spacial score (nSPS) is 18.2. The monoisotopic (exact) mass is 458 g/mol. The topological polar surface area (TPSA) is 75.7 Å². The van der Waals surface area contributed by atoms with E-state index in [2.05, 4.69) is 38.2 Å². The number of nitrogens with one attached hydrogen (secondary N) is 1. The maximum Gasteiger partial charge on any atom is 0.246 e. The van der Waals surface area contributed by atoms with Crippen LogP contribution in [-0.4, -0.2) is 38.8 Å². The lowest BCUT2D eigenvalue weighted by Crippen LogP contribution is -2.45. The zero-order chi connectivity index (χ0) is 23.6. The number of rotatable bonds is 6. The van der Waals surface area contributed by atoms with Crippen molar-refractivity contribution < 1.29 is 17.9 Å². The van der Waals surface area contributed by atoms with Gasteiger partial charge in [-0.1, -0.05) is 18.2 Å². The second-order valence-corrected chi connectivity index (χ2v) is 10.8. The fourth-order valence-electron chi connectivity index (χ4n) is 4.36. The number of methoxy groups -OCH3 is 1. The summed E-state index contributed by atoms with van der Waals surface area (Å²) in [6.07, 6.45) is 1.31. The lowest BCUT2D eigenvalue weighted by molar-refractivity contribution is -0.126. The van der Waals surface area contributed by atoms with Crippen LogP contribution in [-0.2, 0) is 14.8 Å². The summed E-state index contributed by atoms with van der Waals surface area (Å²) in [6, 6.07) is 9.23. The van der Waals surface area contributed by atoms with Gasteiger partial charge in [-0.25, -0.2) is 8.42 Å². The van der Waals surface area contributed by atoms with Crippen molar-refractivity contribution in [2.24, 2.45) is 5.92 Å². The quantitative estimate of drug-likeness (QED) is 0.704. The van der Waals surface area contributed by atoms with E-state index in [-0.39, 0.29) is 29.3 Å². The fraction of sp³-hybridized carbons (Fsp3) is 0.480. The van der Waals surface area contributed by atoms with E-state index in [1.54, 1.807) is 12.1 Å². The summed E-state index contributed by atoms with van der Waals surface area (Å²) >= 11 is 0. The molecule has 2 atom stereocenters. The molecule has 7 heteroatoms. The Morgan fingerprint density at radius 2 is 1.78 bits per heavy atom. The molecule has 174 valence electrons. The van der Waals surface area contributed by atoms with E-state index < -0.39 is 10.0 Å². The highest BCUT2D eigenvalue weighted by atomic mass is 32.2. The van der Waals surface area contributed by atoms with Gasteiger partial charge in [0.15, 0.2) is 0 Å². The molecule has 0 saturated carbocycles. The van der Waals surface area contributed by atoms with E-state index in [4.69, 9.17) is 4.74 Å². The van der Waals surface area contributed by atoms with E-state index in [1.807, 2.05) is 19.9 Å². The minimum Gasteiger partial charge on any atom is -0.495 e. The highest BCUT2D eigenvalue weighted by Crippen LogP contribution is 2.31. The number of aryl methyl sites for hydroxylation is 4. The van der Waals surface area contributed by atoms with E-state index in [1.165, 1.54) is 22.5 Å². The zero-order valence-corrected chi connectivity index (χ0v) is 20.7. The van der Waals surface area contributed by atoms with Crippen molar-refractivity contribution in [1.82, 2.24) is 9.62 Å². The molecule has 1 saturated heterocycles. The molecule has 0 aromatic heterocycles. The lowest BCUT2D eigenvalue weighted by atomic mass is 9.95. The molecular formula is C25H34N2O4S. The summed E-state index contributed by atoms with van der Waals surface area (Å²) in [5, 5.41) is 3.11. The number of benzene rings is 2. The van der Waals surface area contributed by atoms with E-state index in [0.29, 0.717) is 25.1 Å². The zero-order valence-electron chi connectivity index (χ0n) is 19.9. The third kappa shape index (κ3) is 4.99. The molecule has 2 unspecified atom stereocenters. The van der Waals surface area contributed by atoms with Crippen LogP contribution in [0.3, 0.4) is 0 Å². The van der Waals surface area contributed by atoms with Crippen LogP contribution < -0.4 is 10.1 Å². The van der Waals surface area contributed by atoms with Crippen LogP contribution in [0.5, 0.6) is 5.75 Å². The minimum atomic E-state index is -3.76. The predicted molar refractivity (Wildman–Crippen MR) is 126 cm³/mol. The number of piperidine rings is 1. The van der Waals surface area contributed by atoms with Crippen molar-refractivity contribution in [3.05, 3.63) is 58.1 Å². The number of ether oxygens (including phenoxy) is 1. The molecule has 1 aliphatic heterocycles. The van der Waals surface area contributed by atoms with Crippen LogP contribution in [0, 0.1) is 33.6 Å². The Kier molecular flexibility index (Phi) is 7.30. The molecule has 3 rings (SSSR count). The number of nitrogens with zero attached hydrogens (tertiary/aromatic N) is 1. The first-order chi connectivity index (χ1) is 15.0. The molecule has 6 nitrogen and oxygen atoms in total. The Labute approximate surface area is 192 Å². The third-order valence-electron chi connectivity index (χ3n) is 6.40. The molecule has 1 aliphatic rings. The third-order valence-corrected chi connectivity index (χ3v) is 8.29. The summed E-state index contributed by atoms with van der Waals surface area (Å²) in [6.45, 7) is 10.6. The van der Waals surface area contributed by atoms with Crippen LogP contribution >= 0.6 is 0 Å². The standard InChI is InChI=1S/C25H34N2O4S/c1-16-9-10-23(31-6)24(12-16)32(29,30)27-11-7-8-21(15-27)25(28)26-20(5)22-14-18(3)17(2)13-19(22)4/h9-10,12-14,20-21H,7-8,11,15H2,1-6H3,(H,26,28). The molecule has 0 bridgehead atoms. The molecule has 1 fully saturated rings. The molecule has 1 amide bonds. The molecule has 1 N–H and O–H groups in total. The van der Waals surface area contributed by atoms with Gasteiger partial charge in [0.25, 0.3) is 0 Å². The van der Waals surface area contributed by atoms with Gasteiger partial charge in [0.2, 0.25) is 15.9 Å². The van der Waals surface area contributed by atoms with Gasteiger partial charge in [-0.3, -0.25) is 4.79 Å². The number of carbonyl (C=O) groups is 1. The van der Waals surface area contributed by atoms with Crippen molar-refractivity contribution >= 4 is 15.9 Å². The summed E-state index contributed by atoms with van der Waals surface area (Å²) in [7, 11) is -2.30. The predicted octanol–water partition coefficient (Wildman–Crippen LogP) is 4.21. The molecule has 0 spiro atoms. The van der Waals surface area contributed by atoms with E-state index >= 15 is 0 Å². The Morgan fingerprint density at radius 1 is 1.09 bits per heavy atom. The molecule has 2 aromatic rings. The number of hydrogen-bond acceptors (Lipinski definition) is 4. The number of carbonyl (C=O) groups excluding carboxylic acids is 1. The number of hydrogen-bond donors (Lipinski definition) is 1. The van der Waals surface area contributed by atoms with Gasteiger partial charge in [-0.15, -0.1) is 0 Å².